The number of ether oxygens (including phenoxy) is 1. The molecule has 0 atom stereocenters. The average molecular weight is 515 g/mol. The molecule has 0 aliphatic carbocycles. The summed E-state index contributed by atoms with van der Waals surface area (Å²) in [7, 11) is 0. The number of aryl methyl sites for hydroxylation is 1. The van der Waals surface area contributed by atoms with Crippen molar-refractivity contribution in [2.45, 2.75) is 6.92 Å². The lowest BCUT2D eigenvalue weighted by molar-refractivity contribution is -0.118. The molecule has 0 aliphatic rings. The number of nitriles is 1. The van der Waals surface area contributed by atoms with Crippen LogP contribution in [0.3, 0.4) is 0 Å². The number of benzene rings is 3. The fraction of sp³-hybridized carbons (Fsp3) is 0.0800. The van der Waals surface area contributed by atoms with Crippen molar-refractivity contribution < 1.29 is 14.3 Å². The monoisotopic (exact) mass is 513 g/mol. The molecule has 0 radical (unpaired) electrons. The van der Waals surface area contributed by atoms with Crippen LogP contribution >= 0.6 is 34.8 Å². The molecule has 0 aromatic heterocycles. The van der Waals surface area contributed by atoms with Crippen LogP contribution < -0.4 is 15.4 Å². The standard InChI is InChI=1S/C25H18Cl3N3O3/c1-15-2-5-18(6-3-15)31-25(33)17(13-29)10-16-4-9-23(22(28)11-16)34-14-24(32)30-19-7-8-20(26)21(27)12-19/h2-12H,14H2,1H3,(H,30,32)(H,31,33)/b17-10-. The van der Waals surface area contributed by atoms with E-state index in [0.29, 0.717) is 27.0 Å². The molecule has 3 aromatic carbocycles. The number of carbonyl (C=O) groups is 2. The van der Waals surface area contributed by atoms with E-state index in [2.05, 4.69) is 10.6 Å². The van der Waals surface area contributed by atoms with E-state index < -0.39 is 11.8 Å². The molecular weight excluding hydrogens is 497 g/mol. The Balaban J connectivity index is 1.62. The Morgan fingerprint density at radius 3 is 2.26 bits per heavy atom. The normalized spacial score (nSPS) is 10.9. The summed E-state index contributed by atoms with van der Waals surface area (Å²) in [5.74, 6) is -0.689. The lowest BCUT2D eigenvalue weighted by Crippen LogP contribution is -2.20. The highest BCUT2D eigenvalue weighted by molar-refractivity contribution is 6.42. The van der Waals surface area contributed by atoms with Gasteiger partial charge in [-0.15, -0.1) is 0 Å². The van der Waals surface area contributed by atoms with E-state index in [0.717, 1.165) is 5.56 Å². The molecule has 3 aromatic rings. The van der Waals surface area contributed by atoms with E-state index in [1.54, 1.807) is 36.4 Å². The number of halogens is 3. The third-order valence-electron chi connectivity index (χ3n) is 4.50. The number of carbonyl (C=O) groups excluding carboxylic acids is 2. The van der Waals surface area contributed by atoms with Crippen LogP contribution in [0.5, 0.6) is 5.75 Å². The Hall–Kier alpha value is -3.50. The number of hydrogen-bond acceptors (Lipinski definition) is 4. The van der Waals surface area contributed by atoms with Crippen molar-refractivity contribution in [2.24, 2.45) is 0 Å². The summed E-state index contributed by atoms with van der Waals surface area (Å²) in [5.41, 5.74) is 2.54. The van der Waals surface area contributed by atoms with Gasteiger partial charge >= 0.3 is 0 Å². The van der Waals surface area contributed by atoms with Gasteiger partial charge in [-0.2, -0.15) is 5.26 Å². The second kappa shape index (κ2) is 11.6. The van der Waals surface area contributed by atoms with Gasteiger partial charge in [0.05, 0.1) is 15.1 Å². The number of nitrogens with zero attached hydrogens (tertiary/aromatic N) is 1. The van der Waals surface area contributed by atoms with Gasteiger partial charge in [0.1, 0.15) is 17.4 Å². The van der Waals surface area contributed by atoms with Gasteiger partial charge < -0.3 is 15.4 Å². The van der Waals surface area contributed by atoms with Gasteiger partial charge in [0.25, 0.3) is 11.8 Å². The molecule has 2 amide bonds. The van der Waals surface area contributed by atoms with Crippen molar-refractivity contribution in [2.75, 3.05) is 17.2 Å². The van der Waals surface area contributed by atoms with Crippen LogP contribution in [0.15, 0.2) is 66.2 Å². The Kier molecular flexibility index (Phi) is 8.55. The maximum Gasteiger partial charge on any atom is 0.266 e. The minimum atomic E-state index is -0.540. The molecule has 6 nitrogen and oxygen atoms in total. The van der Waals surface area contributed by atoms with Crippen molar-refractivity contribution in [1.82, 2.24) is 0 Å². The van der Waals surface area contributed by atoms with Crippen molar-refractivity contribution in [3.8, 4) is 11.8 Å². The van der Waals surface area contributed by atoms with Crippen molar-refractivity contribution in [1.29, 1.82) is 5.26 Å². The van der Waals surface area contributed by atoms with Crippen LogP contribution in [-0.2, 0) is 9.59 Å². The van der Waals surface area contributed by atoms with Gasteiger partial charge in [-0.25, -0.2) is 0 Å². The van der Waals surface area contributed by atoms with E-state index in [1.807, 2.05) is 25.1 Å². The SMILES string of the molecule is Cc1ccc(NC(=O)/C(C#N)=C\c2ccc(OCC(=O)Nc3ccc(Cl)c(Cl)c3)c(Cl)c2)cc1. The van der Waals surface area contributed by atoms with Crippen LogP contribution in [0.2, 0.25) is 15.1 Å². The van der Waals surface area contributed by atoms with Crippen LogP contribution in [0, 0.1) is 18.3 Å². The fourth-order valence-electron chi connectivity index (χ4n) is 2.79. The smallest absolute Gasteiger partial charge is 0.266 e. The average Bonchev–Trinajstić information content (AvgIpc) is 2.80. The summed E-state index contributed by atoms with van der Waals surface area (Å²) in [4.78, 5) is 24.6. The lowest BCUT2D eigenvalue weighted by atomic mass is 10.1. The van der Waals surface area contributed by atoms with Crippen molar-refractivity contribution in [3.63, 3.8) is 0 Å². The van der Waals surface area contributed by atoms with Gasteiger partial charge in [-0.3, -0.25) is 9.59 Å². The van der Waals surface area contributed by atoms with Crippen molar-refractivity contribution in [3.05, 3.63) is 92.4 Å². The van der Waals surface area contributed by atoms with Gasteiger partial charge in [-0.1, -0.05) is 58.6 Å². The Labute approximate surface area is 211 Å². The zero-order valence-electron chi connectivity index (χ0n) is 17.9. The molecule has 0 fully saturated rings. The van der Waals surface area contributed by atoms with Crippen LogP contribution in [0.25, 0.3) is 6.08 Å². The minimum Gasteiger partial charge on any atom is -0.482 e. The summed E-state index contributed by atoms with van der Waals surface area (Å²) < 4.78 is 5.48. The van der Waals surface area contributed by atoms with E-state index in [9.17, 15) is 14.9 Å². The highest BCUT2D eigenvalue weighted by Gasteiger charge is 2.12. The minimum absolute atomic E-state index is 0.0914. The first kappa shape index (κ1) is 25.1. The third-order valence-corrected chi connectivity index (χ3v) is 5.54. The predicted octanol–water partition coefficient (Wildman–Crippen LogP) is 6.52. The van der Waals surface area contributed by atoms with Gasteiger partial charge in [-0.05, 0) is 61.0 Å². The second-order valence-electron chi connectivity index (χ2n) is 7.15. The van der Waals surface area contributed by atoms with Gasteiger partial charge in [0.15, 0.2) is 6.61 Å². The Morgan fingerprint density at radius 2 is 1.62 bits per heavy atom. The first-order valence-electron chi connectivity index (χ1n) is 9.92. The molecule has 0 aliphatic heterocycles. The summed E-state index contributed by atoms with van der Waals surface area (Å²) in [6, 6.07) is 18.5. The zero-order valence-corrected chi connectivity index (χ0v) is 20.1. The van der Waals surface area contributed by atoms with Crippen molar-refractivity contribution >= 4 is 64.1 Å². The quantitative estimate of drug-likeness (QED) is 0.277. The maximum absolute atomic E-state index is 12.4. The number of hydrogen-bond donors (Lipinski definition) is 2. The molecule has 0 saturated heterocycles. The summed E-state index contributed by atoms with van der Waals surface area (Å²) in [6.07, 6.45) is 1.41. The zero-order chi connectivity index (χ0) is 24.7. The first-order chi connectivity index (χ1) is 16.2. The lowest BCUT2D eigenvalue weighted by Gasteiger charge is -2.10. The molecule has 0 spiro atoms. The van der Waals surface area contributed by atoms with Gasteiger partial charge in [0, 0.05) is 11.4 Å². The largest absolute Gasteiger partial charge is 0.482 e. The molecule has 0 unspecified atom stereocenters. The molecule has 0 bridgehead atoms. The summed E-state index contributed by atoms with van der Waals surface area (Å²) in [6.45, 7) is 1.64. The van der Waals surface area contributed by atoms with Gasteiger partial charge in [0.2, 0.25) is 0 Å². The number of anilines is 2. The summed E-state index contributed by atoms with van der Waals surface area (Å²) in [5, 5.41) is 15.6. The number of amides is 2. The molecule has 9 heteroatoms. The molecule has 34 heavy (non-hydrogen) atoms. The Bertz CT molecular complexity index is 1300. The first-order valence-corrected chi connectivity index (χ1v) is 11.1. The van der Waals surface area contributed by atoms with Crippen LogP contribution in [-0.4, -0.2) is 18.4 Å². The van der Waals surface area contributed by atoms with E-state index >= 15 is 0 Å². The predicted molar refractivity (Wildman–Crippen MR) is 135 cm³/mol. The van der Waals surface area contributed by atoms with E-state index in [4.69, 9.17) is 39.5 Å². The number of rotatable bonds is 7. The maximum atomic E-state index is 12.4. The molecule has 2 N–H and O–H groups in total. The van der Waals surface area contributed by atoms with E-state index in [1.165, 1.54) is 18.2 Å². The topological polar surface area (TPSA) is 91.2 Å². The highest BCUT2D eigenvalue weighted by Crippen LogP contribution is 2.27. The number of nitrogens with one attached hydrogen (secondary N) is 2. The Morgan fingerprint density at radius 1 is 0.912 bits per heavy atom. The van der Waals surface area contributed by atoms with Crippen LogP contribution in [0.1, 0.15) is 11.1 Å². The second-order valence-corrected chi connectivity index (χ2v) is 8.37. The molecule has 3 rings (SSSR count). The molecule has 0 heterocycles. The third kappa shape index (κ3) is 7.00. The summed E-state index contributed by atoms with van der Waals surface area (Å²) >= 11 is 18.1. The molecular formula is C25H18Cl3N3O3. The highest BCUT2D eigenvalue weighted by atomic mass is 35.5. The fourth-order valence-corrected chi connectivity index (χ4v) is 3.33. The van der Waals surface area contributed by atoms with Crippen LogP contribution in [0.4, 0.5) is 11.4 Å². The molecule has 0 saturated carbocycles. The molecule has 172 valence electrons. The van der Waals surface area contributed by atoms with E-state index in [-0.39, 0.29) is 23.0 Å².